The smallest absolute Gasteiger partial charge is 0.430 e. The predicted molar refractivity (Wildman–Crippen MR) is 75.1 cm³/mol. The maximum absolute atomic E-state index is 13.7. The van der Waals surface area contributed by atoms with E-state index in [1.807, 2.05) is 0 Å². The summed E-state index contributed by atoms with van der Waals surface area (Å²) >= 11 is 0. The van der Waals surface area contributed by atoms with E-state index >= 15 is 0 Å². The molecule has 3 atom stereocenters. The van der Waals surface area contributed by atoms with Crippen molar-refractivity contribution in [1.82, 2.24) is 5.32 Å². The molecule has 2 N–H and O–H groups in total. The lowest BCUT2D eigenvalue weighted by Crippen LogP contribution is -2.57. The number of benzene rings is 1. The van der Waals surface area contributed by atoms with Gasteiger partial charge in [-0.3, -0.25) is 4.79 Å². The van der Waals surface area contributed by atoms with Gasteiger partial charge in [0.1, 0.15) is 0 Å². The second kappa shape index (κ2) is 6.78. The average molecular weight is 347 g/mol. The van der Waals surface area contributed by atoms with Gasteiger partial charge in [0.25, 0.3) is 11.5 Å². The van der Waals surface area contributed by atoms with E-state index in [9.17, 15) is 22.8 Å². The van der Waals surface area contributed by atoms with Crippen LogP contribution in [-0.2, 0) is 24.7 Å². The molecule has 0 saturated carbocycles. The zero-order chi connectivity index (χ0) is 18.0. The van der Waals surface area contributed by atoms with E-state index < -0.39 is 35.8 Å². The van der Waals surface area contributed by atoms with Crippen LogP contribution in [0.2, 0.25) is 0 Å². The maximum Gasteiger partial charge on any atom is 0.430 e. The highest BCUT2D eigenvalue weighted by atomic mass is 19.4. The number of carbonyl (C=O) groups is 2. The highest BCUT2D eigenvalue weighted by Crippen LogP contribution is 2.42. The fraction of sp³-hybridized carbons (Fsp3) is 0.467. The van der Waals surface area contributed by atoms with Crippen molar-refractivity contribution in [2.24, 2.45) is 0 Å². The van der Waals surface area contributed by atoms with E-state index in [-0.39, 0.29) is 18.6 Å². The maximum atomic E-state index is 13.7. The Labute approximate surface area is 135 Å². The molecule has 1 heterocycles. The van der Waals surface area contributed by atoms with Gasteiger partial charge in [-0.2, -0.15) is 13.2 Å². The first-order valence-electron chi connectivity index (χ1n) is 7.05. The molecule has 0 spiro atoms. The molecule has 9 heteroatoms. The molecular formula is C15H16F3NO5. The molecule has 1 aliphatic rings. The Bertz CT molecular complexity index is 607. The highest BCUT2D eigenvalue weighted by molar-refractivity contribution is 5.88. The fourth-order valence-corrected chi connectivity index (χ4v) is 2.61. The molecule has 0 aliphatic carbocycles. The van der Waals surface area contributed by atoms with Crippen molar-refractivity contribution in [2.45, 2.75) is 30.3 Å². The van der Waals surface area contributed by atoms with Crippen LogP contribution in [0.3, 0.4) is 0 Å². The molecule has 1 saturated heterocycles. The molecule has 2 rings (SSSR count). The second-order valence-electron chi connectivity index (χ2n) is 5.32. The average Bonchev–Trinajstić information content (AvgIpc) is 2.97. The van der Waals surface area contributed by atoms with Crippen LogP contribution in [0.1, 0.15) is 12.0 Å². The third kappa shape index (κ3) is 3.22. The minimum absolute atomic E-state index is 0.118. The number of halogens is 3. The number of alkyl halides is 3. The minimum Gasteiger partial charge on any atom is -0.479 e. The van der Waals surface area contributed by atoms with Crippen LogP contribution in [0.25, 0.3) is 0 Å². The molecule has 24 heavy (non-hydrogen) atoms. The summed E-state index contributed by atoms with van der Waals surface area (Å²) in [5.41, 5.74) is -3.55. The number of hydrogen-bond acceptors (Lipinski definition) is 4. The van der Waals surface area contributed by atoms with Crippen molar-refractivity contribution >= 4 is 11.9 Å². The Kier molecular flexibility index (Phi) is 5.14. The van der Waals surface area contributed by atoms with Crippen LogP contribution in [0.5, 0.6) is 0 Å². The van der Waals surface area contributed by atoms with Gasteiger partial charge in [0.15, 0.2) is 6.10 Å². The van der Waals surface area contributed by atoms with Gasteiger partial charge in [-0.25, -0.2) is 4.79 Å². The molecule has 1 aromatic carbocycles. The zero-order valence-corrected chi connectivity index (χ0v) is 12.7. The Morgan fingerprint density at radius 3 is 2.38 bits per heavy atom. The number of methoxy groups -OCH3 is 1. The fourth-order valence-electron chi connectivity index (χ4n) is 2.61. The van der Waals surface area contributed by atoms with E-state index in [4.69, 9.17) is 9.84 Å². The lowest BCUT2D eigenvalue weighted by atomic mass is 9.91. The molecule has 0 unspecified atom stereocenters. The SMILES string of the molecule is CO[C@@](C(=O)N[C@@H]1CO[C@H](C(=O)O)C1)(c1ccccc1)C(F)(F)F. The summed E-state index contributed by atoms with van der Waals surface area (Å²) < 4.78 is 50.6. The number of carboxylic acids is 1. The van der Waals surface area contributed by atoms with Gasteiger partial charge in [0, 0.05) is 19.1 Å². The number of ether oxygens (including phenoxy) is 2. The number of carboxylic acid groups (broad SMARTS) is 1. The number of aliphatic carboxylic acids is 1. The number of rotatable bonds is 5. The molecule has 132 valence electrons. The summed E-state index contributed by atoms with van der Waals surface area (Å²) in [7, 11) is 0.797. The standard InChI is InChI=1S/C15H16F3NO5/c1-23-14(15(16,17)18,9-5-3-2-4-6-9)13(22)19-10-7-11(12(20)21)24-8-10/h2-6,10-11H,7-8H2,1H3,(H,19,22)(H,20,21)/t10-,11-,14+/m0/s1. The molecule has 0 aromatic heterocycles. The largest absolute Gasteiger partial charge is 0.479 e. The lowest BCUT2D eigenvalue weighted by Gasteiger charge is -2.34. The van der Waals surface area contributed by atoms with Gasteiger partial charge in [0.05, 0.1) is 12.6 Å². The summed E-state index contributed by atoms with van der Waals surface area (Å²) in [6, 6.07) is 5.67. The van der Waals surface area contributed by atoms with Crippen LogP contribution < -0.4 is 5.32 Å². The van der Waals surface area contributed by atoms with E-state index in [1.165, 1.54) is 18.2 Å². The third-order valence-corrected chi connectivity index (χ3v) is 3.81. The van der Waals surface area contributed by atoms with Crippen molar-refractivity contribution in [1.29, 1.82) is 0 Å². The Morgan fingerprint density at radius 2 is 1.92 bits per heavy atom. The Hall–Kier alpha value is -2.13. The number of hydrogen-bond donors (Lipinski definition) is 2. The molecular weight excluding hydrogens is 331 g/mol. The van der Waals surface area contributed by atoms with Crippen LogP contribution >= 0.6 is 0 Å². The van der Waals surface area contributed by atoms with Gasteiger partial charge >= 0.3 is 12.1 Å². The van der Waals surface area contributed by atoms with Crippen LogP contribution in [-0.4, -0.2) is 49.0 Å². The first kappa shape index (κ1) is 18.2. The van der Waals surface area contributed by atoms with Gasteiger partial charge in [0.2, 0.25) is 0 Å². The summed E-state index contributed by atoms with van der Waals surface area (Å²) in [4.78, 5) is 23.2. The molecule has 1 amide bonds. The van der Waals surface area contributed by atoms with Crippen LogP contribution in [0.4, 0.5) is 13.2 Å². The van der Waals surface area contributed by atoms with Gasteiger partial charge in [-0.1, -0.05) is 30.3 Å². The summed E-state index contributed by atoms with van der Waals surface area (Å²) in [5.74, 6) is -2.65. The van der Waals surface area contributed by atoms with Gasteiger partial charge in [-0.05, 0) is 0 Å². The molecule has 0 bridgehead atoms. The van der Waals surface area contributed by atoms with E-state index in [0.717, 1.165) is 19.2 Å². The third-order valence-electron chi connectivity index (χ3n) is 3.81. The second-order valence-corrected chi connectivity index (χ2v) is 5.32. The van der Waals surface area contributed by atoms with Crippen molar-refractivity contribution in [3.05, 3.63) is 35.9 Å². The zero-order valence-electron chi connectivity index (χ0n) is 12.7. The molecule has 6 nitrogen and oxygen atoms in total. The topological polar surface area (TPSA) is 84.9 Å². The lowest BCUT2D eigenvalue weighted by molar-refractivity contribution is -0.266. The van der Waals surface area contributed by atoms with Crippen LogP contribution in [0.15, 0.2) is 30.3 Å². The quantitative estimate of drug-likeness (QED) is 0.842. The minimum atomic E-state index is -5.02. The number of carbonyl (C=O) groups excluding carboxylic acids is 1. The van der Waals surface area contributed by atoms with E-state index in [1.54, 1.807) is 0 Å². The summed E-state index contributed by atoms with van der Waals surface area (Å²) in [6.45, 7) is -0.185. The summed E-state index contributed by atoms with van der Waals surface area (Å²) in [5, 5.41) is 11.0. The normalized spacial score (nSPS) is 23.5. The van der Waals surface area contributed by atoms with Crippen molar-refractivity contribution < 1.29 is 37.3 Å². The highest BCUT2D eigenvalue weighted by Gasteiger charge is 2.63. The van der Waals surface area contributed by atoms with Gasteiger partial charge in [-0.15, -0.1) is 0 Å². The Balaban J connectivity index is 2.28. The first-order chi connectivity index (χ1) is 11.2. The Morgan fingerprint density at radius 1 is 1.29 bits per heavy atom. The molecule has 1 fully saturated rings. The monoisotopic (exact) mass is 347 g/mol. The van der Waals surface area contributed by atoms with Crippen molar-refractivity contribution in [3.8, 4) is 0 Å². The van der Waals surface area contributed by atoms with E-state index in [2.05, 4.69) is 10.1 Å². The molecule has 1 aliphatic heterocycles. The first-order valence-corrected chi connectivity index (χ1v) is 7.05. The predicted octanol–water partition coefficient (Wildman–Crippen LogP) is 1.45. The number of amides is 1. The van der Waals surface area contributed by atoms with Gasteiger partial charge < -0.3 is 19.9 Å². The van der Waals surface area contributed by atoms with E-state index in [0.29, 0.717) is 0 Å². The van der Waals surface area contributed by atoms with Crippen molar-refractivity contribution in [2.75, 3.05) is 13.7 Å². The number of nitrogens with one attached hydrogen (secondary N) is 1. The van der Waals surface area contributed by atoms with Crippen LogP contribution in [0, 0.1) is 0 Å². The van der Waals surface area contributed by atoms with Crippen molar-refractivity contribution in [3.63, 3.8) is 0 Å². The molecule has 1 aromatic rings. The molecule has 0 radical (unpaired) electrons. The summed E-state index contributed by atoms with van der Waals surface area (Å²) in [6.07, 6.45) is -6.29.